The number of aliphatic carboxylic acids is 2. The van der Waals surface area contributed by atoms with Crippen molar-refractivity contribution in [1.29, 1.82) is 0 Å². The van der Waals surface area contributed by atoms with E-state index < -0.39 is 29.1 Å². The van der Waals surface area contributed by atoms with E-state index in [-0.39, 0.29) is 12.2 Å². The summed E-state index contributed by atoms with van der Waals surface area (Å²) in [4.78, 5) is 32.1. The molecule has 7 nitrogen and oxygen atoms in total. The first-order valence-corrected chi connectivity index (χ1v) is 7.46. The zero-order valence-electron chi connectivity index (χ0n) is 12.7. The van der Waals surface area contributed by atoms with Gasteiger partial charge in [0.25, 0.3) is 0 Å². The van der Waals surface area contributed by atoms with Crippen LogP contribution in [0.1, 0.15) is 34.1 Å². The first-order valence-electron chi connectivity index (χ1n) is 6.41. The van der Waals surface area contributed by atoms with Crippen LogP contribution in [0.25, 0.3) is 0 Å². The van der Waals surface area contributed by atoms with Crippen LogP contribution in [0.2, 0.25) is 0 Å². The fourth-order valence-corrected chi connectivity index (χ4v) is 1.95. The van der Waals surface area contributed by atoms with Crippen LogP contribution in [0, 0.1) is 0 Å². The van der Waals surface area contributed by atoms with E-state index in [0.717, 1.165) is 11.8 Å². The molecule has 8 heteroatoms. The van der Waals surface area contributed by atoms with Crippen LogP contribution in [0.5, 0.6) is 0 Å². The van der Waals surface area contributed by atoms with Crippen LogP contribution in [-0.2, 0) is 14.4 Å². The predicted molar refractivity (Wildman–Crippen MR) is 80.9 cm³/mol. The number of carbonyl (C=O) groups is 3. The van der Waals surface area contributed by atoms with Gasteiger partial charge >= 0.3 is 11.9 Å². The Kier molecular flexibility index (Phi) is 18.8. The highest BCUT2D eigenvalue weighted by atomic mass is 32.2. The molecule has 0 saturated carbocycles. The molecule has 0 bridgehead atoms. The molecule has 0 heterocycles. The number of carboxylic acids is 2. The smallest absolute Gasteiger partial charge is 0.321 e. The Balaban J connectivity index is -0.000000656. The molecule has 5 N–H and O–H groups in total. The molecule has 0 aromatic carbocycles. The zero-order valence-corrected chi connectivity index (χ0v) is 13.5. The Bertz CT molecular complexity index is 287. The molecule has 2 atom stereocenters. The standard InChI is InChI=1S/C8H14N2O5S.2C2H6/c1-10-7(13)5(2-6(11)12)16-3-4(9)8(14)15;2*1-2/h4-5H,2-3,9H2,1H3,(H,10,13)(H,11,12)(H,14,15);2*1-2H3. The van der Waals surface area contributed by atoms with Crippen LogP contribution in [0.3, 0.4) is 0 Å². The molecule has 0 aromatic rings. The van der Waals surface area contributed by atoms with Gasteiger partial charge in [-0.3, -0.25) is 14.4 Å². The van der Waals surface area contributed by atoms with Gasteiger partial charge in [-0.2, -0.15) is 0 Å². The maximum absolute atomic E-state index is 11.2. The summed E-state index contributed by atoms with van der Waals surface area (Å²) in [7, 11) is 1.38. The topological polar surface area (TPSA) is 130 Å². The largest absolute Gasteiger partial charge is 0.481 e. The van der Waals surface area contributed by atoms with Gasteiger partial charge in [-0.1, -0.05) is 27.7 Å². The van der Waals surface area contributed by atoms with E-state index in [4.69, 9.17) is 15.9 Å². The molecule has 0 spiro atoms. The van der Waals surface area contributed by atoms with Gasteiger partial charge in [0.05, 0.1) is 11.7 Å². The summed E-state index contributed by atoms with van der Waals surface area (Å²) >= 11 is 0.920. The second kappa shape index (κ2) is 15.8. The van der Waals surface area contributed by atoms with Crippen molar-refractivity contribution < 1.29 is 24.6 Å². The van der Waals surface area contributed by atoms with E-state index in [1.807, 2.05) is 27.7 Å². The molecule has 0 saturated heterocycles. The number of nitrogens with one attached hydrogen (secondary N) is 1. The minimum atomic E-state index is -1.18. The molecule has 0 rings (SSSR count). The van der Waals surface area contributed by atoms with E-state index in [1.165, 1.54) is 7.05 Å². The van der Waals surface area contributed by atoms with Gasteiger partial charge < -0.3 is 21.3 Å². The number of amides is 1. The highest BCUT2D eigenvalue weighted by molar-refractivity contribution is 8.00. The van der Waals surface area contributed by atoms with Gasteiger partial charge in [0.2, 0.25) is 5.91 Å². The maximum Gasteiger partial charge on any atom is 0.321 e. The van der Waals surface area contributed by atoms with Crippen LogP contribution in [0.15, 0.2) is 0 Å². The average molecular weight is 310 g/mol. The van der Waals surface area contributed by atoms with Crippen LogP contribution in [-0.4, -0.2) is 52.2 Å². The number of carbonyl (C=O) groups excluding carboxylic acids is 1. The minimum absolute atomic E-state index is 0.0132. The Morgan fingerprint density at radius 1 is 1.15 bits per heavy atom. The maximum atomic E-state index is 11.2. The number of carboxylic acid groups (broad SMARTS) is 2. The van der Waals surface area contributed by atoms with Gasteiger partial charge in [0.15, 0.2) is 0 Å². The molecule has 0 aliphatic carbocycles. The Hall–Kier alpha value is -1.28. The first-order chi connectivity index (χ1) is 9.38. The van der Waals surface area contributed by atoms with Gasteiger partial charge in [-0.25, -0.2) is 0 Å². The number of rotatable bonds is 7. The third kappa shape index (κ3) is 13.2. The Morgan fingerprint density at radius 3 is 1.90 bits per heavy atom. The summed E-state index contributed by atoms with van der Waals surface area (Å²) in [5.74, 6) is -2.77. The third-order valence-corrected chi connectivity index (χ3v) is 3.03. The lowest BCUT2D eigenvalue weighted by Crippen LogP contribution is -2.36. The van der Waals surface area contributed by atoms with Crippen molar-refractivity contribution >= 4 is 29.6 Å². The highest BCUT2D eigenvalue weighted by Gasteiger charge is 2.23. The van der Waals surface area contributed by atoms with Crippen LogP contribution in [0.4, 0.5) is 0 Å². The molecular formula is C12H26N2O5S. The van der Waals surface area contributed by atoms with Crippen molar-refractivity contribution in [1.82, 2.24) is 5.32 Å². The minimum Gasteiger partial charge on any atom is -0.481 e. The van der Waals surface area contributed by atoms with Crippen LogP contribution >= 0.6 is 11.8 Å². The second-order valence-corrected chi connectivity index (χ2v) is 4.21. The molecule has 1 amide bonds. The quantitative estimate of drug-likeness (QED) is 0.546. The normalized spacial score (nSPS) is 11.7. The van der Waals surface area contributed by atoms with Crippen molar-refractivity contribution in [2.45, 2.75) is 45.4 Å². The van der Waals surface area contributed by atoms with Gasteiger partial charge in [-0.15, -0.1) is 11.8 Å². The van der Waals surface area contributed by atoms with Crippen molar-refractivity contribution in [3.8, 4) is 0 Å². The first kappa shape index (κ1) is 23.8. The summed E-state index contributed by atoms with van der Waals surface area (Å²) in [5, 5.41) is 18.6. The fourth-order valence-electron chi connectivity index (χ4n) is 0.838. The van der Waals surface area contributed by atoms with E-state index in [0.29, 0.717) is 0 Å². The lowest BCUT2D eigenvalue weighted by Gasteiger charge is -2.14. The van der Waals surface area contributed by atoms with Crippen molar-refractivity contribution in [3.05, 3.63) is 0 Å². The summed E-state index contributed by atoms with van der Waals surface area (Å²) < 4.78 is 0. The SMILES string of the molecule is CC.CC.CNC(=O)C(CC(=O)O)SCC(N)C(=O)O. The van der Waals surface area contributed by atoms with E-state index in [1.54, 1.807) is 0 Å². The van der Waals surface area contributed by atoms with Crippen molar-refractivity contribution in [2.75, 3.05) is 12.8 Å². The highest BCUT2D eigenvalue weighted by Crippen LogP contribution is 2.15. The zero-order chi connectivity index (χ0) is 16.7. The summed E-state index contributed by atoms with van der Waals surface area (Å²) in [6.45, 7) is 8.00. The fraction of sp³-hybridized carbons (Fsp3) is 0.750. The van der Waals surface area contributed by atoms with E-state index in [9.17, 15) is 14.4 Å². The summed E-state index contributed by atoms with van der Waals surface area (Å²) in [6, 6.07) is -1.11. The number of thioether (sulfide) groups is 1. The number of hydrogen-bond donors (Lipinski definition) is 4. The van der Waals surface area contributed by atoms with Crippen LogP contribution < -0.4 is 11.1 Å². The van der Waals surface area contributed by atoms with Crippen molar-refractivity contribution in [2.24, 2.45) is 5.73 Å². The van der Waals surface area contributed by atoms with E-state index in [2.05, 4.69) is 5.32 Å². The molecule has 0 aliphatic rings. The van der Waals surface area contributed by atoms with Gasteiger partial charge in [-0.05, 0) is 0 Å². The Labute approximate surface area is 124 Å². The van der Waals surface area contributed by atoms with Gasteiger partial charge in [0.1, 0.15) is 6.04 Å². The molecule has 2 unspecified atom stereocenters. The molecule has 0 aromatic heterocycles. The molecule has 120 valence electrons. The molecular weight excluding hydrogens is 284 g/mol. The number of nitrogens with two attached hydrogens (primary N) is 1. The third-order valence-electron chi connectivity index (χ3n) is 1.69. The lowest BCUT2D eigenvalue weighted by atomic mass is 10.3. The Morgan fingerprint density at radius 2 is 1.60 bits per heavy atom. The lowest BCUT2D eigenvalue weighted by molar-refractivity contribution is -0.138. The molecule has 20 heavy (non-hydrogen) atoms. The predicted octanol–water partition coefficient (Wildman–Crippen LogP) is 0.773. The monoisotopic (exact) mass is 310 g/mol. The summed E-state index contributed by atoms with van der Waals surface area (Å²) in [6.07, 6.45) is -0.364. The van der Waals surface area contributed by atoms with Crippen molar-refractivity contribution in [3.63, 3.8) is 0 Å². The molecule has 0 radical (unpaired) electrons. The van der Waals surface area contributed by atoms with Gasteiger partial charge in [0, 0.05) is 12.8 Å². The molecule has 0 aliphatic heterocycles. The summed E-state index contributed by atoms with van der Waals surface area (Å²) in [5.41, 5.74) is 5.24. The average Bonchev–Trinajstić information content (AvgIpc) is 2.45. The number of hydrogen-bond acceptors (Lipinski definition) is 5. The molecule has 0 fully saturated rings. The van der Waals surface area contributed by atoms with E-state index >= 15 is 0 Å². The second-order valence-electron chi connectivity index (χ2n) is 2.98.